The first kappa shape index (κ1) is 19.2. The first-order valence-electron chi connectivity index (χ1n) is 8.19. The lowest BCUT2D eigenvalue weighted by Crippen LogP contribution is -2.29. The maximum absolute atomic E-state index is 5.50. The number of hydrogen-bond donors (Lipinski definition) is 0. The standard InChI is InChI=1S/C13H22N2O.2C2H6/c1-8(2)12-7-13(16-14-12)11-6-9(3)15(5)10(11)4;2*1-2/h7-11H,6H2,1-5H3;2*1-2H3/t9?,10-,11?;;/m1../s1. The molecule has 0 spiro atoms. The minimum Gasteiger partial charge on any atom is -0.361 e. The average Bonchev–Trinajstić information content (AvgIpc) is 3.05. The summed E-state index contributed by atoms with van der Waals surface area (Å²) in [7, 11) is 2.19. The Morgan fingerprint density at radius 3 is 2.10 bits per heavy atom. The van der Waals surface area contributed by atoms with Gasteiger partial charge in [0.15, 0.2) is 0 Å². The van der Waals surface area contributed by atoms with Gasteiger partial charge in [0.05, 0.1) is 5.69 Å². The number of rotatable bonds is 2. The molecule has 1 aliphatic rings. The van der Waals surface area contributed by atoms with E-state index in [1.807, 2.05) is 27.7 Å². The van der Waals surface area contributed by atoms with Crippen molar-refractivity contribution in [2.24, 2.45) is 0 Å². The molecule has 1 saturated heterocycles. The molecule has 0 saturated carbocycles. The molecular formula is C17H34N2O. The molecule has 0 bridgehead atoms. The average molecular weight is 282 g/mol. The van der Waals surface area contributed by atoms with E-state index in [4.69, 9.17) is 4.52 Å². The summed E-state index contributed by atoms with van der Waals surface area (Å²) in [4.78, 5) is 2.42. The lowest BCUT2D eigenvalue weighted by Gasteiger charge is -2.21. The zero-order chi connectivity index (χ0) is 15.9. The number of aromatic nitrogens is 1. The Bertz CT molecular complexity index is 360. The summed E-state index contributed by atoms with van der Waals surface area (Å²) < 4.78 is 5.50. The van der Waals surface area contributed by atoms with Crippen molar-refractivity contribution in [3.05, 3.63) is 17.5 Å². The molecule has 3 heteroatoms. The summed E-state index contributed by atoms with van der Waals surface area (Å²) in [5, 5.41) is 4.15. The summed E-state index contributed by atoms with van der Waals surface area (Å²) in [6, 6.07) is 3.31. The molecule has 0 N–H and O–H groups in total. The Morgan fingerprint density at radius 2 is 1.75 bits per heavy atom. The third-order valence-electron chi connectivity index (χ3n) is 4.02. The maximum Gasteiger partial charge on any atom is 0.141 e. The van der Waals surface area contributed by atoms with Crippen molar-refractivity contribution in [3.63, 3.8) is 0 Å². The molecule has 0 aromatic carbocycles. The zero-order valence-electron chi connectivity index (χ0n) is 14.9. The molecule has 1 fully saturated rings. The van der Waals surface area contributed by atoms with Gasteiger partial charge in [-0.25, -0.2) is 0 Å². The summed E-state index contributed by atoms with van der Waals surface area (Å²) in [5.74, 6) is 2.01. The molecule has 2 unspecified atom stereocenters. The third kappa shape index (κ3) is 4.34. The maximum atomic E-state index is 5.50. The molecule has 2 rings (SSSR count). The minimum absolute atomic E-state index is 0.448. The fourth-order valence-electron chi connectivity index (χ4n) is 2.52. The van der Waals surface area contributed by atoms with Crippen LogP contribution >= 0.6 is 0 Å². The molecule has 1 aromatic rings. The molecule has 0 aliphatic carbocycles. The molecular weight excluding hydrogens is 248 g/mol. The molecule has 0 radical (unpaired) electrons. The Kier molecular flexibility index (Phi) is 8.79. The van der Waals surface area contributed by atoms with Gasteiger partial charge in [0.2, 0.25) is 0 Å². The van der Waals surface area contributed by atoms with Crippen LogP contribution in [0.3, 0.4) is 0 Å². The zero-order valence-corrected chi connectivity index (χ0v) is 14.9. The summed E-state index contributed by atoms with van der Waals surface area (Å²) in [6.45, 7) is 16.8. The van der Waals surface area contributed by atoms with E-state index in [1.165, 1.54) is 6.42 Å². The van der Waals surface area contributed by atoms with Gasteiger partial charge in [-0.05, 0) is 33.2 Å². The van der Waals surface area contributed by atoms with Crippen molar-refractivity contribution in [3.8, 4) is 0 Å². The van der Waals surface area contributed by atoms with E-state index in [1.54, 1.807) is 0 Å². The van der Waals surface area contributed by atoms with Crippen molar-refractivity contribution < 1.29 is 4.52 Å². The van der Waals surface area contributed by atoms with Crippen LogP contribution in [0, 0.1) is 0 Å². The van der Waals surface area contributed by atoms with Crippen LogP contribution in [0.25, 0.3) is 0 Å². The number of hydrogen-bond acceptors (Lipinski definition) is 3. The van der Waals surface area contributed by atoms with Crippen LogP contribution in [0.15, 0.2) is 10.6 Å². The normalized spacial score (nSPS) is 25.8. The lowest BCUT2D eigenvalue weighted by molar-refractivity contribution is 0.252. The van der Waals surface area contributed by atoms with Gasteiger partial charge in [-0.2, -0.15) is 0 Å². The Balaban J connectivity index is 0.000000829. The van der Waals surface area contributed by atoms with Gasteiger partial charge >= 0.3 is 0 Å². The highest BCUT2D eigenvalue weighted by molar-refractivity contribution is 5.16. The fraction of sp³-hybridized carbons (Fsp3) is 0.824. The van der Waals surface area contributed by atoms with E-state index in [0.29, 0.717) is 23.9 Å². The molecule has 118 valence electrons. The SMILES string of the molecule is CC.CC.CC(C)c1cc(C2CC(C)N(C)[C@@H]2C)on1. The highest BCUT2D eigenvalue weighted by Gasteiger charge is 2.36. The van der Waals surface area contributed by atoms with Gasteiger partial charge < -0.3 is 9.42 Å². The quantitative estimate of drug-likeness (QED) is 0.760. The molecule has 3 atom stereocenters. The highest BCUT2D eigenvalue weighted by Crippen LogP contribution is 2.36. The lowest BCUT2D eigenvalue weighted by atomic mass is 9.96. The first-order chi connectivity index (χ1) is 9.50. The molecule has 1 aromatic heterocycles. The van der Waals surface area contributed by atoms with Gasteiger partial charge in [0, 0.05) is 24.1 Å². The Morgan fingerprint density at radius 1 is 1.20 bits per heavy atom. The Hall–Kier alpha value is -0.830. The number of likely N-dealkylation sites (N-methyl/N-ethyl adjacent to an activating group) is 1. The monoisotopic (exact) mass is 282 g/mol. The molecule has 1 aliphatic heterocycles. The van der Waals surface area contributed by atoms with Gasteiger partial charge in [0.25, 0.3) is 0 Å². The topological polar surface area (TPSA) is 29.3 Å². The highest BCUT2D eigenvalue weighted by atomic mass is 16.5. The van der Waals surface area contributed by atoms with E-state index >= 15 is 0 Å². The number of nitrogens with zero attached hydrogens (tertiary/aromatic N) is 2. The summed E-state index contributed by atoms with van der Waals surface area (Å²) >= 11 is 0. The minimum atomic E-state index is 0.448. The first-order valence-corrected chi connectivity index (χ1v) is 8.19. The van der Waals surface area contributed by atoms with Crippen molar-refractivity contribution in [2.75, 3.05) is 7.05 Å². The van der Waals surface area contributed by atoms with E-state index in [-0.39, 0.29) is 0 Å². The van der Waals surface area contributed by atoms with E-state index < -0.39 is 0 Å². The largest absolute Gasteiger partial charge is 0.361 e. The molecule has 20 heavy (non-hydrogen) atoms. The van der Waals surface area contributed by atoms with Crippen LogP contribution in [0.2, 0.25) is 0 Å². The fourth-order valence-corrected chi connectivity index (χ4v) is 2.52. The van der Waals surface area contributed by atoms with Crippen molar-refractivity contribution in [2.45, 2.75) is 85.7 Å². The van der Waals surface area contributed by atoms with Crippen molar-refractivity contribution in [1.82, 2.24) is 10.1 Å². The van der Waals surface area contributed by atoms with Crippen LogP contribution in [-0.4, -0.2) is 29.2 Å². The number of likely N-dealkylation sites (tertiary alicyclic amines) is 1. The van der Waals surface area contributed by atoms with Gasteiger partial charge in [-0.15, -0.1) is 0 Å². The van der Waals surface area contributed by atoms with Crippen LogP contribution in [-0.2, 0) is 0 Å². The summed E-state index contributed by atoms with van der Waals surface area (Å²) in [5.41, 5.74) is 1.07. The molecule has 3 nitrogen and oxygen atoms in total. The van der Waals surface area contributed by atoms with Crippen LogP contribution in [0.4, 0.5) is 0 Å². The van der Waals surface area contributed by atoms with Crippen LogP contribution in [0.5, 0.6) is 0 Å². The van der Waals surface area contributed by atoms with E-state index in [9.17, 15) is 0 Å². The van der Waals surface area contributed by atoms with Gasteiger partial charge in [0.1, 0.15) is 5.76 Å². The van der Waals surface area contributed by atoms with Crippen molar-refractivity contribution in [1.29, 1.82) is 0 Å². The molecule has 0 amide bonds. The predicted octanol–water partition coefficient (Wildman–Crippen LogP) is 5.05. The predicted molar refractivity (Wildman–Crippen MR) is 87.3 cm³/mol. The van der Waals surface area contributed by atoms with E-state index in [2.05, 4.69) is 50.9 Å². The van der Waals surface area contributed by atoms with E-state index in [0.717, 1.165) is 11.5 Å². The van der Waals surface area contributed by atoms with Crippen molar-refractivity contribution >= 4 is 0 Å². The Labute approximate surface area is 125 Å². The van der Waals surface area contributed by atoms with Crippen LogP contribution in [0.1, 0.15) is 85.1 Å². The van der Waals surface area contributed by atoms with Gasteiger partial charge in [-0.3, -0.25) is 0 Å². The second kappa shape index (κ2) is 9.17. The third-order valence-corrected chi connectivity index (χ3v) is 4.02. The summed E-state index contributed by atoms with van der Waals surface area (Å²) in [6.07, 6.45) is 1.17. The van der Waals surface area contributed by atoms with Crippen LogP contribution < -0.4 is 0 Å². The second-order valence-corrected chi connectivity index (χ2v) is 5.41. The smallest absolute Gasteiger partial charge is 0.141 e. The molecule has 2 heterocycles. The van der Waals surface area contributed by atoms with Gasteiger partial charge in [-0.1, -0.05) is 46.7 Å². The second-order valence-electron chi connectivity index (χ2n) is 5.41.